The Kier molecular flexibility index (Phi) is 16.4. The van der Waals surface area contributed by atoms with Gasteiger partial charge in [0, 0.05) is 40.3 Å². The van der Waals surface area contributed by atoms with E-state index in [2.05, 4.69) is 96.4 Å². The lowest BCUT2D eigenvalue weighted by atomic mass is 10.5. The van der Waals surface area contributed by atoms with Crippen LogP contribution in [0.5, 0.6) is 0 Å². The maximum Gasteiger partial charge on any atom is 0.0792 e. The Bertz CT molecular complexity index is 270. The molecular weight excluding hydrogens is 437 g/mol. The molecule has 0 aromatic carbocycles. The molecule has 0 bridgehead atoms. The molecule has 0 spiro atoms. The first-order chi connectivity index (χ1) is 11.2. The van der Waals surface area contributed by atoms with Crippen molar-refractivity contribution >= 4 is 95.0 Å². The molecule has 1 heterocycles. The Hall–Kier alpha value is 2.80. The third-order valence-corrected chi connectivity index (χ3v) is 14.2. The minimum absolute atomic E-state index is 0.408. The van der Waals surface area contributed by atoms with E-state index in [4.69, 9.17) is 0 Å². The molecule has 0 radical (unpaired) electrons. The van der Waals surface area contributed by atoms with Crippen LogP contribution in [0.25, 0.3) is 0 Å². The zero-order valence-corrected chi connectivity index (χ0v) is 20.8. The van der Waals surface area contributed by atoms with Crippen LogP contribution in [-0.2, 0) is 0 Å². The van der Waals surface area contributed by atoms with E-state index in [1.807, 2.05) is 11.8 Å². The molecule has 1 aliphatic heterocycles. The summed E-state index contributed by atoms with van der Waals surface area (Å²) in [5.41, 5.74) is 0. The van der Waals surface area contributed by atoms with Crippen molar-refractivity contribution in [1.29, 1.82) is 0 Å². The van der Waals surface area contributed by atoms with Gasteiger partial charge in [-0.25, -0.2) is 0 Å². The minimum atomic E-state index is 0.408. The van der Waals surface area contributed by atoms with Crippen LogP contribution < -0.4 is 0 Å². The Morgan fingerprint density at radius 1 is 0.913 bits per heavy atom. The molecule has 138 valence electrons. The van der Waals surface area contributed by atoms with Crippen LogP contribution in [0, 0.1) is 0 Å². The van der Waals surface area contributed by atoms with E-state index in [0.29, 0.717) is 4.08 Å². The average molecular weight is 467 g/mol. The summed E-state index contributed by atoms with van der Waals surface area (Å²) >= 11 is 19.3. The quantitative estimate of drug-likeness (QED) is 0.183. The fourth-order valence-electron chi connectivity index (χ4n) is 1.98. The second-order valence-electron chi connectivity index (χ2n) is 5.08. The van der Waals surface area contributed by atoms with Crippen LogP contribution in [0.1, 0.15) is 13.3 Å². The average Bonchev–Trinajstić information content (AvgIpc) is 2.56. The molecule has 1 rings (SSSR count). The summed E-state index contributed by atoms with van der Waals surface area (Å²) in [7, 11) is 0. The summed E-state index contributed by atoms with van der Waals surface area (Å²) < 4.78 is 1.14. The lowest BCUT2D eigenvalue weighted by Gasteiger charge is -2.38. The molecule has 1 atom stereocenters. The van der Waals surface area contributed by atoms with Gasteiger partial charge in [-0.05, 0) is 36.9 Å². The number of hydrogen-bond donors (Lipinski definition) is 1. The van der Waals surface area contributed by atoms with E-state index in [1.165, 1.54) is 58.2 Å². The number of thiol groups is 1. The molecule has 0 aliphatic carbocycles. The number of rotatable bonds is 14. The second-order valence-corrected chi connectivity index (χ2v) is 15.0. The van der Waals surface area contributed by atoms with Crippen molar-refractivity contribution in [3.05, 3.63) is 0 Å². The van der Waals surface area contributed by atoms with Crippen LogP contribution in [0.3, 0.4) is 0 Å². The van der Waals surface area contributed by atoms with Crippen LogP contribution in [-0.4, -0.2) is 72.4 Å². The molecule has 0 aromatic heterocycles. The van der Waals surface area contributed by atoms with Crippen LogP contribution in [0.4, 0.5) is 0 Å². The van der Waals surface area contributed by atoms with Crippen LogP contribution >= 0.6 is 95.0 Å². The van der Waals surface area contributed by atoms with Crippen LogP contribution in [0.2, 0.25) is 0 Å². The maximum atomic E-state index is 4.30. The summed E-state index contributed by atoms with van der Waals surface area (Å²) in [5, 5.41) is 0. The maximum absolute atomic E-state index is 4.30. The summed E-state index contributed by atoms with van der Waals surface area (Å²) in [6.45, 7) is 2.49. The summed E-state index contributed by atoms with van der Waals surface area (Å²) in [4.78, 5) is 0. The SMILES string of the molecule is CSCCSCCSC(SCCSCCS)C1(C)SCCCS1. The molecule has 23 heavy (non-hydrogen) atoms. The first kappa shape index (κ1) is 23.8. The van der Waals surface area contributed by atoms with Crippen molar-refractivity contribution in [3.8, 4) is 0 Å². The molecule has 0 saturated carbocycles. The monoisotopic (exact) mass is 466 g/mol. The molecule has 1 saturated heterocycles. The Morgan fingerprint density at radius 2 is 1.48 bits per heavy atom. The lowest BCUT2D eigenvalue weighted by molar-refractivity contribution is 0.957. The topological polar surface area (TPSA) is 0 Å². The fourth-order valence-corrected chi connectivity index (χ4v) is 12.1. The standard InChI is InChI=1S/C15H30S8/c1-15(22-5-3-6-23-15)14(20-12-10-18-7-4-16)21-13-11-19-9-8-17-2/h14,16H,3-13H2,1-2H3. The van der Waals surface area contributed by atoms with Gasteiger partial charge in [0.05, 0.1) is 8.66 Å². The van der Waals surface area contributed by atoms with Gasteiger partial charge in [-0.2, -0.15) is 47.9 Å². The predicted octanol–water partition coefficient (Wildman–Crippen LogP) is 6.12. The zero-order valence-electron chi connectivity index (χ0n) is 14.2. The second kappa shape index (κ2) is 15.8. The molecule has 0 aromatic rings. The van der Waals surface area contributed by atoms with Crippen molar-refractivity contribution < 1.29 is 0 Å². The van der Waals surface area contributed by atoms with Crippen molar-refractivity contribution in [1.82, 2.24) is 0 Å². The number of hydrogen-bond acceptors (Lipinski definition) is 8. The van der Waals surface area contributed by atoms with Gasteiger partial charge in [0.1, 0.15) is 0 Å². The van der Waals surface area contributed by atoms with E-state index in [0.717, 1.165) is 10.3 Å². The third kappa shape index (κ3) is 11.3. The van der Waals surface area contributed by atoms with Crippen molar-refractivity contribution in [2.75, 3.05) is 63.8 Å². The normalized spacial score (nSPS) is 18.9. The molecule has 1 aliphatic rings. The first-order valence-corrected chi connectivity index (χ1v) is 16.4. The van der Waals surface area contributed by atoms with Crippen molar-refractivity contribution in [3.63, 3.8) is 0 Å². The third-order valence-electron chi connectivity index (χ3n) is 3.16. The summed E-state index contributed by atoms with van der Waals surface area (Å²) in [5.74, 6) is 12.6. The minimum Gasteiger partial charge on any atom is -0.179 e. The van der Waals surface area contributed by atoms with Gasteiger partial charge in [0.25, 0.3) is 0 Å². The van der Waals surface area contributed by atoms with Gasteiger partial charge in [-0.3, -0.25) is 0 Å². The van der Waals surface area contributed by atoms with E-state index in [1.54, 1.807) is 0 Å². The highest BCUT2D eigenvalue weighted by atomic mass is 32.2. The number of thioether (sulfide) groups is 7. The molecule has 0 amide bonds. The molecule has 0 N–H and O–H groups in total. The highest BCUT2D eigenvalue weighted by Crippen LogP contribution is 2.52. The largest absolute Gasteiger partial charge is 0.179 e. The molecular formula is C15H30S8. The van der Waals surface area contributed by atoms with Gasteiger partial charge < -0.3 is 0 Å². The van der Waals surface area contributed by atoms with Gasteiger partial charge in [0.15, 0.2) is 0 Å². The predicted molar refractivity (Wildman–Crippen MR) is 134 cm³/mol. The lowest BCUT2D eigenvalue weighted by Crippen LogP contribution is -2.32. The highest BCUT2D eigenvalue weighted by Gasteiger charge is 2.37. The van der Waals surface area contributed by atoms with Crippen molar-refractivity contribution in [2.45, 2.75) is 22.0 Å². The van der Waals surface area contributed by atoms with Gasteiger partial charge in [-0.15, -0.1) is 47.0 Å². The van der Waals surface area contributed by atoms with Gasteiger partial charge in [-0.1, -0.05) is 0 Å². The van der Waals surface area contributed by atoms with Gasteiger partial charge >= 0.3 is 0 Å². The molecule has 0 nitrogen and oxygen atoms in total. The fraction of sp³-hybridized carbons (Fsp3) is 1.00. The van der Waals surface area contributed by atoms with E-state index in [9.17, 15) is 0 Å². The zero-order chi connectivity index (χ0) is 16.8. The smallest absolute Gasteiger partial charge is 0.0792 e. The van der Waals surface area contributed by atoms with E-state index >= 15 is 0 Å². The molecule has 1 unspecified atom stereocenters. The van der Waals surface area contributed by atoms with E-state index in [-0.39, 0.29) is 0 Å². The summed E-state index contributed by atoms with van der Waals surface area (Å²) in [6, 6.07) is 0. The molecule has 8 heteroatoms. The first-order valence-electron chi connectivity index (χ1n) is 7.99. The van der Waals surface area contributed by atoms with Crippen LogP contribution in [0.15, 0.2) is 0 Å². The Morgan fingerprint density at radius 3 is 2.04 bits per heavy atom. The highest BCUT2D eigenvalue weighted by molar-refractivity contribution is 8.24. The molecule has 1 fully saturated rings. The Balaban J connectivity index is 2.32. The van der Waals surface area contributed by atoms with Gasteiger partial charge in [0.2, 0.25) is 0 Å². The van der Waals surface area contributed by atoms with E-state index < -0.39 is 0 Å². The van der Waals surface area contributed by atoms with Crippen molar-refractivity contribution in [2.24, 2.45) is 0 Å². The Labute approximate surface area is 179 Å². The summed E-state index contributed by atoms with van der Waals surface area (Å²) in [6.07, 6.45) is 3.58.